The number of likely N-dealkylation sites (tertiary alicyclic amines) is 1. The van der Waals surface area contributed by atoms with Gasteiger partial charge >= 0.3 is 5.97 Å². The Kier molecular flexibility index (Phi) is 9.93. The zero-order valence-electron chi connectivity index (χ0n) is 19.9. The molecule has 5 nitrogen and oxygen atoms in total. The predicted octanol–water partition coefficient (Wildman–Crippen LogP) is 4.65. The average molecular weight is 480 g/mol. The van der Waals surface area contributed by atoms with Gasteiger partial charge in [-0.3, -0.25) is 4.79 Å². The quantitative estimate of drug-likeness (QED) is 0.306. The molecule has 0 spiro atoms. The molecule has 0 bridgehead atoms. The molecule has 2 heterocycles. The number of ether oxygens (including phenoxy) is 1. The van der Waals surface area contributed by atoms with E-state index in [1.807, 2.05) is 48.2 Å². The first-order valence-electron chi connectivity index (χ1n) is 11.8. The second-order valence-corrected chi connectivity index (χ2v) is 9.80. The summed E-state index contributed by atoms with van der Waals surface area (Å²) in [5.74, 6) is 6.23. The molecule has 2 aromatic rings. The minimum absolute atomic E-state index is 0.0208. The number of benzene rings is 1. The van der Waals surface area contributed by atoms with Gasteiger partial charge in [0.15, 0.2) is 0 Å². The van der Waals surface area contributed by atoms with Gasteiger partial charge in [0.25, 0.3) is 0 Å². The smallest absolute Gasteiger partial charge is 0.348 e. The summed E-state index contributed by atoms with van der Waals surface area (Å²) >= 11 is 1.44. The van der Waals surface area contributed by atoms with E-state index in [1.54, 1.807) is 6.07 Å². The van der Waals surface area contributed by atoms with Crippen molar-refractivity contribution in [3.63, 3.8) is 0 Å². The maximum atomic E-state index is 12.4. The largest absolute Gasteiger partial charge is 0.465 e. The number of nitrogens with zero attached hydrogens (tertiary/aromatic N) is 1. The van der Waals surface area contributed by atoms with Crippen LogP contribution in [0.25, 0.3) is 0 Å². The van der Waals surface area contributed by atoms with Crippen molar-refractivity contribution in [2.45, 2.75) is 57.6 Å². The van der Waals surface area contributed by atoms with E-state index in [1.165, 1.54) is 24.0 Å². The normalized spacial score (nSPS) is 17.4. The van der Waals surface area contributed by atoms with Crippen molar-refractivity contribution in [2.75, 3.05) is 13.7 Å². The molecular formula is C28H33NO4S. The summed E-state index contributed by atoms with van der Waals surface area (Å²) in [6.45, 7) is 2.66. The van der Waals surface area contributed by atoms with Crippen molar-refractivity contribution in [1.82, 2.24) is 4.90 Å². The van der Waals surface area contributed by atoms with Gasteiger partial charge in [-0.2, -0.15) is 0 Å². The van der Waals surface area contributed by atoms with Gasteiger partial charge in [0, 0.05) is 30.7 Å². The van der Waals surface area contributed by atoms with E-state index in [0.29, 0.717) is 30.7 Å². The Morgan fingerprint density at radius 2 is 2.06 bits per heavy atom. The Bertz CT molecular complexity index is 1030. The van der Waals surface area contributed by atoms with E-state index in [4.69, 9.17) is 4.74 Å². The van der Waals surface area contributed by atoms with Crippen LogP contribution in [-0.4, -0.2) is 47.7 Å². The third-order valence-electron chi connectivity index (χ3n) is 6.04. The topological polar surface area (TPSA) is 66.8 Å². The SMILES string of the molecule is COC(=O)c1ccc(CCCN2C(=O)CCC2C=C[C@@H](O)[C@@H](C)CC#CCc2ccccc2)s1. The van der Waals surface area contributed by atoms with Crippen molar-refractivity contribution in [1.29, 1.82) is 0 Å². The standard InChI is InChI=1S/C28H33NO4S/c1-21(9-6-7-12-22-10-4-3-5-11-22)25(30)17-14-23-15-19-27(31)29(23)20-8-13-24-16-18-26(34-24)28(32)33-2/h3-5,10-11,14,16-18,21,23,25,30H,8-9,12-13,15,19-20H2,1-2H3/t21-,23?,25+/m0/s1. The molecule has 0 radical (unpaired) electrons. The van der Waals surface area contributed by atoms with Crippen LogP contribution in [0.15, 0.2) is 54.6 Å². The molecule has 3 atom stereocenters. The Morgan fingerprint density at radius 3 is 2.82 bits per heavy atom. The summed E-state index contributed by atoms with van der Waals surface area (Å²) in [6, 6.07) is 13.9. The molecule has 180 valence electrons. The van der Waals surface area contributed by atoms with E-state index in [-0.39, 0.29) is 23.8 Å². The van der Waals surface area contributed by atoms with Crippen LogP contribution in [0, 0.1) is 17.8 Å². The molecule has 3 rings (SSSR count). The molecule has 1 N–H and O–H groups in total. The van der Waals surface area contributed by atoms with Gasteiger partial charge in [0.2, 0.25) is 5.91 Å². The van der Waals surface area contributed by atoms with Crippen LogP contribution in [0.1, 0.15) is 52.7 Å². The van der Waals surface area contributed by atoms with Crippen molar-refractivity contribution in [3.8, 4) is 11.8 Å². The summed E-state index contributed by atoms with van der Waals surface area (Å²) in [7, 11) is 1.38. The predicted molar refractivity (Wildman–Crippen MR) is 136 cm³/mol. The summed E-state index contributed by atoms with van der Waals surface area (Å²) in [5.41, 5.74) is 1.19. The van der Waals surface area contributed by atoms with Gasteiger partial charge < -0.3 is 14.7 Å². The third kappa shape index (κ3) is 7.58. The van der Waals surface area contributed by atoms with Crippen LogP contribution >= 0.6 is 11.3 Å². The van der Waals surface area contributed by atoms with Crippen molar-refractivity contribution in [2.24, 2.45) is 5.92 Å². The van der Waals surface area contributed by atoms with Crippen LogP contribution in [0.5, 0.6) is 0 Å². The highest BCUT2D eigenvalue weighted by Crippen LogP contribution is 2.23. The van der Waals surface area contributed by atoms with Crippen LogP contribution in [0.2, 0.25) is 0 Å². The van der Waals surface area contributed by atoms with E-state index >= 15 is 0 Å². The van der Waals surface area contributed by atoms with Gasteiger partial charge in [-0.05, 0) is 42.9 Å². The number of rotatable bonds is 10. The number of carbonyl (C=O) groups excluding carboxylic acids is 2. The molecule has 1 saturated heterocycles. The van der Waals surface area contributed by atoms with Gasteiger partial charge in [0.05, 0.1) is 19.3 Å². The summed E-state index contributed by atoms with van der Waals surface area (Å²) < 4.78 is 4.76. The molecule has 1 fully saturated rings. The first-order chi connectivity index (χ1) is 16.5. The fraction of sp³-hybridized carbons (Fsp3) is 0.429. The Hall–Kier alpha value is -2.88. The molecule has 1 aromatic heterocycles. The second-order valence-electron chi connectivity index (χ2n) is 8.63. The second kappa shape index (κ2) is 13.1. The Morgan fingerprint density at radius 1 is 1.26 bits per heavy atom. The lowest BCUT2D eigenvalue weighted by molar-refractivity contribution is -0.128. The van der Waals surface area contributed by atoms with Crippen LogP contribution in [0.3, 0.4) is 0 Å². The molecule has 1 amide bonds. The molecule has 1 unspecified atom stereocenters. The van der Waals surface area contributed by atoms with Crippen LogP contribution in [-0.2, 0) is 22.4 Å². The fourth-order valence-corrected chi connectivity index (χ4v) is 4.91. The van der Waals surface area contributed by atoms with Crippen molar-refractivity contribution >= 4 is 23.2 Å². The molecule has 6 heteroatoms. The number of aryl methyl sites for hydroxylation is 1. The number of hydrogen-bond acceptors (Lipinski definition) is 5. The van der Waals surface area contributed by atoms with E-state index < -0.39 is 6.10 Å². The lowest BCUT2D eigenvalue weighted by atomic mass is 9.99. The minimum atomic E-state index is -0.591. The molecule has 1 aliphatic heterocycles. The maximum Gasteiger partial charge on any atom is 0.348 e. The van der Waals surface area contributed by atoms with Crippen LogP contribution in [0.4, 0.5) is 0 Å². The number of carbonyl (C=O) groups is 2. The summed E-state index contributed by atoms with van der Waals surface area (Å²) in [5, 5.41) is 10.5. The zero-order chi connectivity index (χ0) is 24.3. The van der Waals surface area contributed by atoms with Crippen molar-refractivity contribution < 1.29 is 19.4 Å². The highest BCUT2D eigenvalue weighted by molar-refractivity contribution is 7.13. The average Bonchev–Trinajstić information content (AvgIpc) is 3.47. The number of thiophene rings is 1. The number of esters is 1. The molecule has 0 saturated carbocycles. The van der Waals surface area contributed by atoms with Gasteiger partial charge in [-0.1, -0.05) is 55.3 Å². The Balaban J connectivity index is 1.44. The molecule has 34 heavy (non-hydrogen) atoms. The molecule has 1 aliphatic rings. The lowest BCUT2D eigenvalue weighted by Gasteiger charge is -2.23. The first-order valence-corrected chi connectivity index (χ1v) is 12.6. The zero-order valence-corrected chi connectivity index (χ0v) is 20.7. The minimum Gasteiger partial charge on any atom is -0.465 e. The molecule has 0 aliphatic carbocycles. The highest BCUT2D eigenvalue weighted by Gasteiger charge is 2.28. The third-order valence-corrected chi connectivity index (χ3v) is 7.17. The fourth-order valence-electron chi connectivity index (χ4n) is 3.94. The van der Waals surface area contributed by atoms with Gasteiger partial charge in [0.1, 0.15) is 4.88 Å². The monoisotopic (exact) mass is 479 g/mol. The van der Waals surface area contributed by atoms with Crippen LogP contribution < -0.4 is 0 Å². The number of methoxy groups -OCH3 is 1. The highest BCUT2D eigenvalue weighted by atomic mass is 32.1. The van der Waals surface area contributed by atoms with E-state index in [2.05, 4.69) is 24.0 Å². The van der Waals surface area contributed by atoms with E-state index in [9.17, 15) is 14.7 Å². The van der Waals surface area contributed by atoms with E-state index in [0.717, 1.165) is 24.1 Å². The lowest BCUT2D eigenvalue weighted by Crippen LogP contribution is -2.33. The first kappa shape index (κ1) is 25.7. The Labute approximate surface area is 206 Å². The summed E-state index contributed by atoms with van der Waals surface area (Å²) in [4.78, 5) is 27.6. The number of aliphatic hydroxyl groups is 1. The molecule has 1 aromatic carbocycles. The number of aliphatic hydroxyl groups excluding tert-OH is 1. The van der Waals surface area contributed by atoms with Crippen molar-refractivity contribution in [3.05, 3.63) is 69.9 Å². The number of hydrogen-bond donors (Lipinski definition) is 1. The molecular weight excluding hydrogens is 446 g/mol. The number of amides is 1. The van der Waals surface area contributed by atoms with Gasteiger partial charge in [-0.15, -0.1) is 17.3 Å². The summed E-state index contributed by atoms with van der Waals surface area (Å²) in [6.07, 6.45) is 7.50. The van der Waals surface area contributed by atoms with Gasteiger partial charge in [-0.25, -0.2) is 4.79 Å². The maximum absolute atomic E-state index is 12.4.